The summed E-state index contributed by atoms with van der Waals surface area (Å²) in [5.41, 5.74) is 3.65. The van der Waals surface area contributed by atoms with E-state index >= 15 is 0 Å². The zero-order chi connectivity index (χ0) is 16.8. The van der Waals surface area contributed by atoms with Crippen LogP contribution in [0, 0.1) is 0 Å². The minimum absolute atomic E-state index is 0.112. The number of nitrogens with one attached hydrogen (secondary N) is 1. The monoisotopic (exact) mass is 440 g/mol. The number of rotatable bonds is 5. The number of amides is 1. The Bertz CT molecular complexity index is 708. The molecular weight excluding hydrogens is 428 g/mol. The third kappa shape index (κ3) is 4.80. The SMILES string of the molecule is CCOc1ccc(C(=O)N/N=C\c2cc(Br)c(O)c(Br)c2)cc1. The van der Waals surface area contributed by atoms with Crippen molar-refractivity contribution in [3.05, 3.63) is 56.5 Å². The lowest BCUT2D eigenvalue weighted by Gasteiger charge is -2.04. The van der Waals surface area contributed by atoms with Crippen LogP contribution < -0.4 is 10.2 Å². The minimum atomic E-state index is -0.318. The fourth-order valence-corrected chi connectivity index (χ4v) is 2.98. The standard InChI is InChI=1S/C16H14Br2N2O3/c1-2-23-12-5-3-11(4-6-12)16(22)20-19-9-10-7-13(17)15(21)14(18)8-10/h3-9,21H,2H2,1H3,(H,20,22)/b19-9-. The molecule has 0 saturated heterocycles. The molecule has 2 aromatic carbocycles. The average Bonchev–Trinajstić information content (AvgIpc) is 2.53. The summed E-state index contributed by atoms with van der Waals surface area (Å²) >= 11 is 6.47. The van der Waals surface area contributed by atoms with Crippen LogP contribution in [0.1, 0.15) is 22.8 Å². The maximum absolute atomic E-state index is 12.0. The Hall–Kier alpha value is -1.86. The number of hydrazone groups is 1. The summed E-state index contributed by atoms with van der Waals surface area (Å²) in [5, 5.41) is 13.5. The van der Waals surface area contributed by atoms with Crippen molar-refractivity contribution in [1.29, 1.82) is 0 Å². The Kier molecular flexibility index (Phi) is 6.18. The molecule has 0 spiro atoms. The van der Waals surface area contributed by atoms with Crippen LogP contribution in [0.15, 0.2) is 50.4 Å². The number of nitrogens with zero attached hydrogens (tertiary/aromatic N) is 1. The van der Waals surface area contributed by atoms with Crippen molar-refractivity contribution in [3.8, 4) is 11.5 Å². The number of hydrogen-bond acceptors (Lipinski definition) is 4. The molecule has 0 aromatic heterocycles. The summed E-state index contributed by atoms with van der Waals surface area (Å²) in [5.74, 6) is 0.508. The van der Waals surface area contributed by atoms with Gasteiger partial charge in [-0.25, -0.2) is 5.43 Å². The number of aromatic hydroxyl groups is 1. The molecule has 0 radical (unpaired) electrons. The maximum atomic E-state index is 12.0. The van der Waals surface area contributed by atoms with E-state index in [-0.39, 0.29) is 11.7 Å². The average molecular weight is 442 g/mol. The molecule has 23 heavy (non-hydrogen) atoms. The van der Waals surface area contributed by atoms with E-state index in [2.05, 4.69) is 42.4 Å². The number of hydrogen-bond donors (Lipinski definition) is 2. The summed E-state index contributed by atoms with van der Waals surface area (Å²) in [6.07, 6.45) is 1.49. The predicted molar refractivity (Wildman–Crippen MR) is 96.2 cm³/mol. The summed E-state index contributed by atoms with van der Waals surface area (Å²) in [6, 6.07) is 10.2. The highest BCUT2D eigenvalue weighted by Crippen LogP contribution is 2.32. The highest BCUT2D eigenvalue weighted by molar-refractivity contribution is 9.11. The number of benzene rings is 2. The molecule has 2 N–H and O–H groups in total. The highest BCUT2D eigenvalue weighted by atomic mass is 79.9. The molecule has 0 aliphatic carbocycles. The van der Waals surface area contributed by atoms with E-state index in [4.69, 9.17) is 4.74 Å². The van der Waals surface area contributed by atoms with E-state index in [1.807, 2.05) is 6.92 Å². The first-order chi connectivity index (χ1) is 11.0. The first kappa shape index (κ1) is 17.5. The van der Waals surface area contributed by atoms with Crippen LogP contribution in [0.25, 0.3) is 0 Å². The number of carbonyl (C=O) groups excluding carboxylic acids is 1. The molecule has 0 saturated carbocycles. The van der Waals surface area contributed by atoms with Crippen molar-refractivity contribution in [3.63, 3.8) is 0 Å². The van der Waals surface area contributed by atoms with Gasteiger partial charge in [0.2, 0.25) is 0 Å². The number of phenolic OH excluding ortho intramolecular Hbond substituents is 1. The van der Waals surface area contributed by atoms with E-state index in [1.54, 1.807) is 36.4 Å². The second-order valence-corrected chi connectivity index (χ2v) is 6.20. The predicted octanol–water partition coefficient (Wildman–Crippen LogP) is 4.08. The van der Waals surface area contributed by atoms with Gasteiger partial charge in [0.05, 0.1) is 21.8 Å². The van der Waals surface area contributed by atoms with Crippen LogP contribution in [0.5, 0.6) is 11.5 Å². The lowest BCUT2D eigenvalue weighted by Crippen LogP contribution is -2.17. The maximum Gasteiger partial charge on any atom is 0.271 e. The molecule has 0 unspecified atom stereocenters. The molecule has 2 rings (SSSR count). The quantitative estimate of drug-likeness (QED) is 0.542. The van der Waals surface area contributed by atoms with E-state index < -0.39 is 0 Å². The fraction of sp³-hybridized carbons (Fsp3) is 0.125. The van der Waals surface area contributed by atoms with E-state index in [1.165, 1.54) is 6.21 Å². The molecule has 2 aromatic rings. The second kappa shape index (κ2) is 8.12. The molecule has 0 aliphatic heterocycles. The molecule has 120 valence electrons. The Balaban J connectivity index is 2.01. The van der Waals surface area contributed by atoms with Crippen molar-refractivity contribution in [1.82, 2.24) is 5.43 Å². The van der Waals surface area contributed by atoms with Crippen LogP contribution in [0.2, 0.25) is 0 Å². The molecule has 5 nitrogen and oxygen atoms in total. The topological polar surface area (TPSA) is 70.9 Å². The van der Waals surface area contributed by atoms with Crippen molar-refractivity contribution in [2.75, 3.05) is 6.61 Å². The lowest BCUT2D eigenvalue weighted by molar-refractivity contribution is 0.0955. The minimum Gasteiger partial charge on any atom is -0.506 e. The van der Waals surface area contributed by atoms with Crippen LogP contribution in [-0.4, -0.2) is 23.8 Å². The third-order valence-electron chi connectivity index (χ3n) is 2.85. The van der Waals surface area contributed by atoms with Gasteiger partial charge in [0, 0.05) is 5.56 Å². The van der Waals surface area contributed by atoms with Gasteiger partial charge in [0.25, 0.3) is 5.91 Å². The molecule has 7 heteroatoms. The van der Waals surface area contributed by atoms with Crippen molar-refractivity contribution < 1.29 is 14.6 Å². The first-order valence-corrected chi connectivity index (χ1v) is 8.34. The normalized spacial score (nSPS) is 10.7. The van der Waals surface area contributed by atoms with Gasteiger partial charge in [0.1, 0.15) is 11.5 Å². The Morgan fingerprint density at radius 1 is 1.26 bits per heavy atom. The summed E-state index contributed by atoms with van der Waals surface area (Å²) in [7, 11) is 0. The fourth-order valence-electron chi connectivity index (χ4n) is 1.76. The van der Waals surface area contributed by atoms with Gasteiger partial charge in [-0.1, -0.05) is 0 Å². The van der Waals surface area contributed by atoms with Crippen molar-refractivity contribution >= 4 is 44.0 Å². The Morgan fingerprint density at radius 2 is 1.87 bits per heavy atom. The van der Waals surface area contributed by atoms with Gasteiger partial charge >= 0.3 is 0 Å². The van der Waals surface area contributed by atoms with Gasteiger partial charge < -0.3 is 9.84 Å². The first-order valence-electron chi connectivity index (χ1n) is 6.75. The zero-order valence-electron chi connectivity index (χ0n) is 12.2. The molecule has 0 aliphatic rings. The van der Waals surface area contributed by atoms with Crippen LogP contribution in [0.3, 0.4) is 0 Å². The molecule has 0 atom stereocenters. The highest BCUT2D eigenvalue weighted by Gasteiger charge is 2.06. The third-order valence-corrected chi connectivity index (χ3v) is 4.06. The van der Waals surface area contributed by atoms with Crippen LogP contribution in [-0.2, 0) is 0 Å². The number of halogens is 2. The molecular formula is C16H14Br2N2O3. The van der Waals surface area contributed by atoms with E-state index in [9.17, 15) is 9.90 Å². The van der Waals surface area contributed by atoms with Crippen molar-refractivity contribution in [2.24, 2.45) is 5.10 Å². The smallest absolute Gasteiger partial charge is 0.271 e. The number of phenols is 1. The Morgan fingerprint density at radius 3 is 2.43 bits per heavy atom. The molecule has 0 fully saturated rings. The van der Waals surface area contributed by atoms with Crippen LogP contribution in [0.4, 0.5) is 0 Å². The second-order valence-electron chi connectivity index (χ2n) is 4.49. The van der Waals surface area contributed by atoms with E-state index in [0.29, 0.717) is 32.4 Å². The van der Waals surface area contributed by atoms with Gasteiger partial charge in [-0.05, 0) is 80.7 Å². The van der Waals surface area contributed by atoms with Gasteiger partial charge in [-0.15, -0.1) is 0 Å². The van der Waals surface area contributed by atoms with Gasteiger partial charge in [0.15, 0.2) is 0 Å². The molecule has 0 heterocycles. The van der Waals surface area contributed by atoms with Crippen molar-refractivity contribution in [2.45, 2.75) is 6.92 Å². The number of ether oxygens (including phenoxy) is 1. The van der Waals surface area contributed by atoms with Gasteiger partial charge in [-0.2, -0.15) is 5.10 Å². The summed E-state index contributed by atoms with van der Waals surface area (Å²) in [4.78, 5) is 12.0. The zero-order valence-corrected chi connectivity index (χ0v) is 15.4. The molecule has 0 bridgehead atoms. The summed E-state index contributed by atoms with van der Waals surface area (Å²) < 4.78 is 6.39. The Labute approximate surface area is 150 Å². The largest absolute Gasteiger partial charge is 0.506 e. The summed E-state index contributed by atoms with van der Waals surface area (Å²) in [6.45, 7) is 2.48. The molecule has 1 amide bonds. The van der Waals surface area contributed by atoms with Crippen LogP contribution >= 0.6 is 31.9 Å². The van der Waals surface area contributed by atoms with E-state index in [0.717, 1.165) is 0 Å². The number of carbonyl (C=O) groups is 1. The van der Waals surface area contributed by atoms with Gasteiger partial charge in [-0.3, -0.25) is 4.79 Å². The lowest BCUT2D eigenvalue weighted by atomic mass is 10.2.